The minimum absolute atomic E-state index is 0.801. The third kappa shape index (κ3) is 2.42. The van der Waals surface area contributed by atoms with Gasteiger partial charge in [-0.05, 0) is 5.16 Å². The highest BCUT2D eigenvalue weighted by molar-refractivity contribution is 5.60. The van der Waals surface area contributed by atoms with E-state index in [1.165, 1.54) is 0 Å². The molecule has 0 bridgehead atoms. The molecule has 0 radical (unpaired) electrons. The van der Waals surface area contributed by atoms with Crippen LogP contribution < -0.4 is 5.32 Å². The van der Waals surface area contributed by atoms with Crippen molar-refractivity contribution in [2.45, 2.75) is 6.54 Å². The second kappa shape index (κ2) is 5.29. The Kier molecular flexibility index (Phi) is 3.34. The number of hydrogen-bond acceptors (Lipinski definition) is 5. The van der Waals surface area contributed by atoms with Crippen LogP contribution in [0.15, 0.2) is 35.0 Å². The third-order valence-electron chi connectivity index (χ3n) is 3.19. The molecule has 5 nitrogen and oxygen atoms in total. The Bertz CT molecular complexity index is 491. The van der Waals surface area contributed by atoms with Gasteiger partial charge in [-0.25, -0.2) is 4.63 Å². The average Bonchev–Trinajstić information content (AvgIpc) is 2.89. The number of nitrogens with zero attached hydrogens (tertiary/aromatic N) is 3. The molecule has 1 aliphatic rings. The lowest BCUT2D eigenvalue weighted by atomic mass is 10.1. The maximum atomic E-state index is 4.90. The predicted octanol–water partition coefficient (Wildman–Crippen LogP) is 1.14. The van der Waals surface area contributed by atoms with Gasteiger partial charge in [-0.15, -0.1) is 0 Å². The van der Waals surface area contributed by atoms with E-state index >= 15 is 0 Å². The van der Waals surface area contributed by atoms with Crippen molar-refractivity contribution in [3.63, 3.8) is 0 Å². The maximum Gasteiger partial charge on any atom is 0.139 e. The van der Waals surface area contributed by atoms with Gasteiger partial charge in [0.25, 0.3) is 0 Å². The minimum Gasteiger partial charge on any atom is -0.314 e. The van der Waals surface area contributed by atoms with Crippen LogP contribution in [-0.2, 0) is 6.54 Å². The Morgan fingerprint density at radius 2 is 1.89 bits per heavy atom. The van der Waals surface area contributed by atoms with Gasteiger partial charge in [0, 0.05) is 38.3 Å². The van der Waals surface area contributed by atoms with E-state index in [1.54, 1.807) is 0 Å². The van der Waals surface area contributed by atoms with Crippen LogP contribution >= 0.6 is 0 Å². The second-order valence-corrected chi connectivity index (χ2v) is 4.45. The molecule has 1 aliphatic heterocycles. The first-order valence-electron chi connectivity index (χ1n) is 6.23. The molecule has 1 aromatic carbocycles. The van der Waals surface area contributed by atoms with Gasteiger partial charge in [0.1, 0.15) is 11.4 Å². The number of rotatable bonds is 3. The summed E-state index contributed by atoms with van der Waals surface area (Å²) in [7, 11) is 0. The SMILES string of the molecule is c1ccc(-c2nonc2CN2CCNCC2)cc1. The fraction of sp³-hybridized carbons (Fsp3) is 0.385. The van der Waals surface area contributed by atoms with Crippen molar-refractivity contribution in [3.8, 4) is 11.3 Å². The molecule has 0 aliphatic carbocycles. The van der Waals surface area contributed by atoms with Gasteiger partial charge in [-0.3, -0.25) is 4.90 Å². The lowest BCUT2D eigenvalue weighted by Crippen LogP contribution is -2.43. The first kappa shape index (κ1) is 11.4. The van der Waals surface area contributed by atoms with E-state index in [0.717, 1.165) is 49.7 Å². The lowest BCUT2D eigenvalue weighted by Gasteiger charge is -2.26. The van der Waals surface area contributed by atoms with Crippen LogP contribution in [0, 0.1) is 0 Å². The van der Waals surface area contributed by atoms with Crippen LogP contribution in [0.2, 0.25) is 0 Å². The molecule has 1 aromatic heterocycles. The smallest absolute Gasteiger partial charge is 0.139 e. The van der Waals surface area contributed by atoms with E-state index in [0.29, 0.717) is 0 Å². The molecule has 5 heteroatoms. The zero-order valence-electron chi connectivity index (χ0n) is 10.2. The highest BCUT2D eigenvalue weighted by atomic mass is 16.6. The molecule has 0 atom stereocenters. The highest BCUT2D eigenvalue weighted by Crippen LogP contribution is 2.21. The van der Waals surface area contributed by atoms with Crippen LogP contribution in [0.5, 0.6) is 0 Å². The molecule has 0 amide bonds. The molecule has 2 heterocycles. The van der Waals surface area contributed by atoms with Crippen molar-refractivity contribution in [2.75, 3.05) is 26.2 Å². The fourth-order valence-electron chi connectivity index (χ4n) is 2.21. The number of hydrogen-bond donors (Lipinski definition) is 1. The molecule has 1 fully saturated rings. The number of aromatic nitrogens is 2. The summed E-state index contributed by atoms with van der Waals surface area (Å²) in [5.41, 5.74) is 2.83. The Hall–Kier alpha value is -1.72. The summed E-state index contributed by atoms with van der Waals surface area (Å²) in [5, 5.41) is 11.4. The number of piperazine rings is 1. The Morgan fingerprint density at radius 3 is 2.67 bits per heavy atom. The summed E-state index contributed by atoms with van der Waals surface area (Å²) in [6.45, 7) is 4.95. The monoisotopic (exact) mass is 244 g/mol. The van der Waals surface area contributed by atoms with Gasteiger partial charge in [0.05, 0.1) is 0 Å². The molecule has 2 aromatic rings. The second-order valence-electron chi connectivity index (χ2n) is 4.45. The van der Waals surface area contributed by atoms with E-state index in [4.69, 9.17) is 4.63 Å². The van der Waals surface area contributed by atoms with E-state index in [-0.39, 0.29) is 0 Å². The highest BCUT2D eigenvalue weighted by Gasteiger charge is 2.17. The summed E-state index contributed by atoms with van der Waals surface area (Å²) >= 11 is 0. The van der Waals surface area contributed by atoms with Crippen LogP contribution in [0.4, 0.5) is 0 Å². The van der Waals surface area contributed by atoms with Gasteiger partial charge in [-0.1, -0.05) is 35.5 Å². The molecule has 18 heavy (non-hydrogen) atoms. The van der Waals surface area contributed by atoms with Crippen molar-refractivity contribution in [1.82, 2.24) is 20.5 Å². The Balaban J connectivity index is 1.79. The standard InChI is InChI=1S/C13H16N4O/c1-2-4-11(5-3-1)13-12(15-18-16-13)10-17-8-6-14-7-9-17/h1-5,14H,6-10H2. The molecule has 1 saturated heterocycles. The summed E-state index contributed by atoms with van der Waals surface area (Å²) in [4.78, 5) is 2.36. The average molecular weight is 244 g/mol. The molecule has 0 saturated carbocycles. The Morgan fingerprint density at radius 1 is 1.11 bits per heavy atom. The van der Waals surface area contributed by atoms with Crippen molar-refractivity contribution >= 4 is 0 Å². The zero-order valence-corrected chi connectivity index (χ0v) is 10.2. The van der Waals surface area contributed by atoms with Gasteiger partial charge < -0.3 is 5.32 Å². The number of nitrogens with one attached hydrogen (secondary N) is 1. The van der Waals surface area contributed by atoms with Crippen molar-refractivity contribution in [2.24, 2.45) is 0 Å². The summed E-state index contributed by atoms with van der Waals surface area (Å²) in [6.07, 6.45) is 0. The largest absolute Gasteiger partial charge is 0.314 e. The molecule has 3 rings (SSSR count). The van der Waals surface area contributed by atoms with E-state index in [1.807, 2.05) is 30.3 Å². The van der Waals surface area contributed by atoms with Crippen molar-refractivity contribution in [1.29, 1.82) is 0 Å². The molecule has 1 N–H and O–H groups in total. The first-order chi connectivity index (χ1) is 8.93. The van der Waals surface area contributed by atoms with Crippen LogP contribution in [0.3, 0.4) is 0 Å². The molecular weight excluding hydrogens is 228 g/mol. The summed E-state index contributed by atoms with van der Waals surface area (Å²) in [5.74, 6) is 0. The molecule has 0 spiro atoms. The maximum absolute atomic E-state index is 4.90. The Labute approximate surface area is 106 Å². The molecular formula is C13H16N4O. The normalized spacial score (nSPS) is 16.9. The summed E-state index contributed by atoms with van der Waals surface area (Å²) < 4.78 is 4.90. The van der Waals surface area contributed by atoms with E-state index < -0.39 is 0 Å². The topological polar surface area (TPSA) is 54.2 Å². The van der Waals surface area contributed by atoms with Gasteiger partial charge >= 0.3 is 0 Å². The van der Waals surface area contributed by atoms with Crippen LogP contribution in [0.1, 0.15) is 5.69 Å². The van der Waals surface area contributed by atoms with E-state index in [9.17, 15) is 0 Å². The van der Waals surface area contributed by atoms with Crippen LogP contribution in [0.25, 0.3) is 11.3 Å². The lowest BCUT2D eigenvalue weighted by molar-refractivity contribution is 0.223. The first-order valence-corrected chi connectivity index (χ1v) is 6.23. The quantitative estimate of drug-likeness (QED) is 0.877. The number of benzene rings is 1. The fourth-order valence-corrected chi connectivity index (χ4v) is 2.21. The zero-order chi connectivity index (χ0) is 12.2. The minimum atomic E-state index is 0.801. The van der Waals surface area contributed by atoms with Crippen LogP contribution in [-0.4, -0.2) is 41.4 Å². The predicted molar refractivity (Wildman–Crippen MR) is 67.9 cm³/mol. The summed E-state index contributed by atoms with van der Waals surface area (Å²) in [6, 6.07) is 10.0. The molecule has 0 unspecified atom stereocenters. The van der Waals surface area contributed by atoms with E-state index in [2.05, 4.69) is 20.5 Å². The van der Waals surface area contributed by atoms with Crippen molar-refractivity contribution in [3.05, 3.63) is 36.0 Å². The van der Waals surface area contributed by atoms with Gasteiger partial charge in [0.15, 0.2) is 0 Å². The van der Waals surface area contributed by atoms with Crippen molar-refractivity contribution < 1.29 is 4.63 Å². The third-order valence-corrected chi connectivity index (χ3v) is 3.19. The van der Waals surface area contributed by atoms with Gasteiger partial charge in [0.2, 0.25) is 0 Å². The van der Waals surface area contributed by atoms with Gasteiger partial charge in [-0.2, -0.15) is 0 Å². The molecule has 94 valence electrons.